The van der Waals surface area contributed by atoms with Gasteiger partial charge in [-0.15, -0.1) is 11.6 Å². The van der Waals surface area contributed by atoms with E-state index in [1.165, 1.54) is 7.11 Å². The van der Waals surface area contributed by atoms with Crippen molar-refractivity contribution >= 4 is 23.4 Å². The van der Waals surface area contributed by atoms with E-state index in [1.807, 2.05) is 13.8 Å². The van der Waals surface area contributed by atoms with Crippen molar-refractivity contribution in [2.75, 3.05) is 13.0 Å². The number of methoxy groups -OCH3 is 1. The van der Waals surface area contributed by atoms with Gasteiger partial charge in [0.1, 0.15) is 23.7 Å². The molecule has 8 atom stereocenters. The summed E-state index contributed by atoms with van der Waals surface area (Å²) in [5.74, 6) is -1.29. The number of ether oxygens (including phenoxy) is 2. The van der Waals surface area contributed by atoms with Crippen LogP contribution in [0.3, 0.4) is 0 Å². The zero-order valence-electron chi connectivity index (χ0n) is 17.9. The van der Waals surface area contributed by atoms with Crippen LogP contribution in [0.1, 0.15) is 46.5 Å². The molecule has 1 N–H and O–H groups in total. The lowest BCUT2D eigenvalue weighted by molar-refractivity contribution is -0.234. The molecule has 0 saturated heterocycles. The van der Waals surface area contributed by atoms with Crippen LogP contribution in [0.5, 0.6) is 0 Å². The zero-order chi connectivity index (χ0) is 21.8. The Balaban J connectivity index is 2.28. The van der Waals surface area contributed by atoms with Gasteiger partial charge in [-0.05, 0) is 43.4 Å². The topological polar surface area (TPSA) is 72.8 Å². The second kappa shape index (κ2) is 7.51. The van der Waals surface area contributed by atoms with Gasteiger partial charge in [-0.3, -0.25) is 9.59 Å². The fourth-order valence-corrected chi connectivity index (χ4v) is 6.86. The number of hydrogen-bond acceptors (Lipinski definition) is 5. The number of esters is 1. The molecule has 3 saturated carbocycles. The number of Topliss-reactive ketones (excluding diaryl/α,β-unsaturated/α-hetero) is 1. The van der Waals surface area contributed by atoms with E-state index in [-0.39, 0.29) is 29.4 Å². The van der Waals surface area contributed by atoms with Crippen LogP contribution in [0.25, 0.3) is 0 Å². The number of ketones is 1. The van der Waals surface area contributed by atoms with Crippen molar-refractivity contribution in [3.63, 3.8) is 0 Å². The third-order valence-corrected chi connectivity index (χ3v) is 8.98. The molecular formula is C23H33ClO5. The van der Waals surface area contributed by atoms with Gasteiger partial charge in [0, 0.05) is 17.9 Å². The summed E-state index contributed by atoms with van der Waals surface area (Å²) in [4.78, 5) is 25.9. The van der Waals surface area contributed by atoms with Crippen LogP contribution in [-0.4, -0.2) is 47.7 Å². The molecule has 0 amide bonds. The summed E-state index contributed by atoms with van der Waals surface area (Å²) in [6, 6.07) is 0. The predicted molar refractivity (Wildman–Crippen MR) is 112 cm³/mol. The number of aliphatic hydroxyl groups is 1. The van der Waals surface area contributed by atoms with E-state index in [9.17, 15) is 14.7 Å². The van der Waals surface area contributed by atoms with E-state index in [4.69, 9.17) is 21.1 Å². The average Bonchev–Trinajstić information content (AvgIpc) is 2.94. The van der Waals surface area contributed by atoms with Crippen molar-refractivity contribution < 1.29 is 24.2 Å². The van der Waals surface area contributed by atoms with Gasteiger partial charge in [0.05, 0.1) is 0 Å². The summed E-state index contributed by atoms with van der Waals surface area (Å²) in [5.41, 5.74) is -2.46. The number of halogens is 1. The number of alkyl halides is 1. The molecule has 0 spiro atoms. The van der Waals surface area contributed by atoms with E-state index in [1.54, 1.807) is 6.08 Å². The largest absolute Gasteiger partial charge is 0.461 e. The van der Waals surface area contributed by atoms with Crippen LogP contribution in [0.4, 0.5) is 0 Å². The first-order valence-corrected chi connectivity index (χ1v) is 10.9. The van der Waals surface area contributed by atoms with Crippen molar-refractivity contribution in [2.45, 2.75) is 64.3 Å². The van der Waals surface area contributed by atoms with Crippen LogP contribution in [0, 0.1) is 28.6 Å². The Hall–Kier alpha value is -1.17. The van der Waals surface area contributed by atoms with Crippen LogP contribution in [-0.2, 0) is 19.1 Å². The summed E-state index contributed by atoms with van der Waals surface area (Å²) in [6.07, 6.45) is 2.86. The maximum atomic E-state index is 13.6. The quantitative estimate of drug-likeness (QED) is 0.414. The highest BCUT2D eigenvalue weighted by molar-refractivity contribution is 6.26. The van der Waals surface area contributed by atoms with Crippen molar-refractivity contribution in [3.05, 3.63) is 24.8 Å². The second-order valence-corrected chi connectivity index (χ2v) is 9.67. The van der Waals surface area contributed by atoms with E-state index in [0.29, 0.717) is 19.3 Å². The van der Waals surface area contributed by atoms with E-state index < -0.39 is 34.6 Å². The molecule has 0 heterocycles. The third-order valence-electron chi connectivity index (χ3n) is 8.76. The van der Waals surface area contributed by atoms with Crippen molar-refractivity contribution in [1.29, 1.82) is 0 Å². The van der Waals surface area contributed by atoms with Crippen molar-refractivity contribution in [1.82, 2.24) is 0 Å². The van der Waals surface area contributed by atoms with Crippen LogP contribution in [0.15, 0.2) is 24.8 Å². The maximum absolute atomic E-state index is 13.6. The monoisotopic (exact) mass is 424 g/mol. The molecule has 0 radical (unpaired) electrons. The van der Waals surface area contributed by atoms with Gasteiger partial charge in [-0.2, -0.15) is 0 Å². The van der Waals surface area contributed by atoms with Gasteiger partial charge in [0.2, 0.25) is 0 Å². The van der Waals surface area contributed by atoms with Gasteiger partial charge in [-0.25, -0.2) is 0 Å². The Bertz CT molecular complexity index is 735. The van der Waals surface area contributed by atoms with Crippen LogP contribution >= 0.6 is 11.6 Å². The van der Waals surface area contributed by atoms with Crippen molar-refractivity contribution in [2.24, 2.45) is 28.6 Å². The molecule has 3 aliphatic carbocycles. The molecule has 29 heavy (non-hydrogen) atoms. The molecule has 162 valence electrons. The summed E-state index contributed by atoms with van der Waals surface area (Å²) < 4.78 is 11.4. The molecule has 3 fully saturated rings. The summed E-state index contributed by atoms with van der Waals surface area (Å²) >= 11 is 5.74. The Kier molecular flexibility index (Phi) is 5.83. The fraction of sp³-hybridized carbons (Fsp3) is 0.739. The van der Waals surface area contributed by atoms with Crippen LogP contribution < -0.4 is 0 Å². The Morgan fingerprint density at radius 3 is 2.62 bits per heavy atom. The van der Waals surface area contributed by atoms with Gasteiger partial charge in [-0.1, -0.05) is 45.6 Å². The third kappa shape index (κ3) is 2.73. The lowest BCUT2D eigenvalue weighted by Crippen LogP contribution is -2.69. The summed E-state index contributed by atoms with van der Waals surface area (Å²) in [6.45, 7) is 14.1. The first-order chi connectivity index (χ1) is 13.5. The standard InChI is InChI=1S/C23H33ClO5/c1-7-13(2)16-10-18(29-19(25)12-24)21(5)14(3)8-9-22(15(16)4)11-17(28-6)20(26)23(21,22)27/h7,14-18,27H,1-2,8-12H2,3-6H3/t14-,15+,16+,17+,18-,21+,22+,23-/m1/s1. The first-order valence-electron chi connectivity index (χ1n) is 10.4. The highest BCUT2D eigenvalue weighted by Gasteiger charge is 2.78. The molecule has 6 heteroatoms. The zero-order valence-corrected chi connectivity index (χ0v) is 18.6. The molecule has 0 aromatic heterocycles. The molecule has 0 aliphatic heterocycles. The molecule has 0 aromatic rings. The highest BCUT2D eigenvalue weighted by atomic mass is 35.5. The minimum Gasteiger partial charge on any atom is -0.461 e. The van der Waals surface area contributed by atoms with E-state index in [2.05, 4.69) is 20.1 Å². The minimum absolute atomic E-state index is 0.0312. The number of carbonyl (C=O) groups excluding carboxylic acids is 2. The minimum atomic E-state index is -1.66. The molecule has 3 rings (SSSR count). The molecule has 2 bridgehead atoms. The smallest absolute Gasteiger partial charge is 0.321 e. The van der Waals surface area contributed by atoms with E-state index >= 15 is 0 Å². The Labute approximate surface area is 178 Å². The van der Waals surface area contributed by atoms with Crippen molar-refractivity contribution in [3.8, 4) is 0 Å². The molecule has 0 unspecified atom stereocenters. The van der Waals surface area contributed by atoms with E-state index in [0.717, 1.165) is 12.0 Å². The summed E-state index contributed by atoms with van der Waals surface area (Å²) in [5, 5.41) is 12.4. The fourth-order valence-electron chi connectivity index (χ4n) is 6.80. The van der Waals surface area contributed by atoms with Gasteiger partial charge < -0.3 is 14.6 Å². The lowest BCUT2D eigenvalue weighted by Gasteiger charge is -2.60. The number of allylic oxidation sites excluding steroid dienone is 2. The number of carbonyl (C=O) groups is 2. The molecular weight excluding hydrogens is 392 g/mol. The molecule has 0 aromatic carbocycles. The highest BCUT2D eigenvalue weighted by Crippen LogP contribution is 2.70. The van der Waals surface area contributed by atoms with Crippen LogP contribution in [0.2, 0.25) is 0 Å². The maximum Gasteiger partial charge on any atom is 0.321 e. The molecule has 5 nitrogen and oxygen atoms in total. The normalized spacial score (nSPS) is 46.6. The van der Waals surface area contributed by atoms with Gasteiger partial charge in [0.15, 0.2) is 5.78 Å². The van der Waals surface area contributed by atoms with Gasteiger partial charge in [0.25, 0.3) is 0 Å². The predicted octanol–water partition coefficient (Wildman–Crippen LogP) is 3.68. The number of hydrogen-bond donors (Lipinski definition) is 1. The summed E-state index contributed by atoms with van der Waals surface area (Å²) in [7, 11) is 1.51. The number of rotatable bonds is 5. The second-order valence-electron chi connectivity index (χ2n) is 9.40. The average molecular weight is 425 g/mol. The molecule has 3 aliphatic rings. The SMILES string of the molecule is C=CC(=C)[C@@H]1C[C@@H](OC(=O)CCl)[C@]2(C)[C@H](C)CC[C@]3(C[C@H](OC)C(=O)[C@]32O)[C@H]1C. The first kappa shape index (κ1) is 22.5. The van der Waals surface area contributed by atoms with Gasteiger partial charge >= 0.3 is 5.97 Å². The lowest BCUT2D eigenvalue weighted by atomic mass is 9.46. The Morgan fingerprint density at radius 2 is 2.07 bits per heavy atom. The Morgan fingerprint density at radius 1 is 1.41 bits per heavy atom.